The zero-order valence-corrected chi connectivity index (χ0v) is 53.4. The molecule has 6 fully saturated rings. The van der Waals surface area contributed by atoms with Gasteiger partial charge in [0.25, 0.3) is 10.1 Å². The number of hydrogen-bond acceptors (Lipinski definition) is 16. The molecule has 6 aliphatic rings. The van der Waals surface area contributed by atoms with Crippen LogP contribution in [0.2, 0.25) is 0 Å². The van der Waals surface area contributed by atoms with Gasteiger partial charge in [0, 0.05) is 72.5 Å². The Kier molecular flexibility index (Phi) is 56.2. The van der Waals surface area contributed by atoms with Gasteiger partial charge in [0.15, 0.2) is 0 Å². The summed E-state index contributed by atoms with van der Waals surface area (Å²) in [6.45, 7) is 13.9. The molecule has 7 rings (SSSR count). The van der Waals surface area contributed by atoms with E-state index in [0.717, 1.165) is 127 Å². The minimum atomic E-state index is -3.64. The van der Waals surface area contributed by atoms with Crippen molar-refractivity contribution in [3.63, 3.8) is 0 Å². The van der Waals surface area contributed by atoms with Gasteiger partial charge in [-0.15, -0.1) is 31.3 Å². The van der Waals surface area contributed by atoms with Crippen molar-refractivity contribution in [2.24, 2.45) is 70.6 Å². The van der Waals surface area contributed by atoms with Crippen LogP contribution in [0.15, 0.2) is 41.8 Å². The van der Waals surface area contributed by atoms with E-state index in [1.54, 1.807) is 30.3 Å². The third-order valence-corrected chi connectivity index (χ3v) is 17.1. The first-order valence-corrected chi connectivity index (χ1v) is 31.8. The van der Waals surface area contributed by atoms with Crippen molar-refractivity contribution in [2.45, 2.75) is 180 Å². The summed E-state index contributed by atoms with van der Waals surface area (Å²) in [7, 11) is -0.850. The summed E-state index contributed by atoms with van der Waals surface area (Å²) in [4.78, 5) is 33.2. The number of esters is 3. The van der Waals surface area contributed by atoms with Crippen LogP contribution in [0.5, 0.6) is 0 Å². The predicted molar refractivity (Wildman–Crippen MR) is 330 cm³/mol. The van der Waals surface area contributed by atoms with Crippen LogP contribution in [0.1, 0.15) is 174 Å². The molecule has 0 radical (unpaired) electrons. The molecule has 1 aromatic carbocycles. The number of carbonyl (C=O) groups is 3. The molecule has 1 aromatic rings. The van der Waals surface area contributed by atoms with Gasteiger partial charge in [0.05, 0.1) is 44.2 Å². The van der Waals surface area contributed by atoms with E-state index in [1.165, 1.54) is 72.5 Å². The largest absolute Gasteiger partial charge is 1.00 e. The number of ether oxygens (including phenoxy) is 4. The van der Waals surface area contributed by atoms with Crippen molar-refractivity contribution in [3.8, 4) is 31.1 Å². The molecule has 0 bridgehead atoms. The second-order valence-corrected chi connectivity index (χ2v) is 24.0. The number of aliphatic hydroxyl groups is 4. The van der Waals surface area contributed by atoms with E-state index in [-0.39, 0.29) is 72.6 Å². The average Bonchev–Trinajstić information content (AvgIpc) is 4.17. The van der Waals surface area contributed by atoms with Gasteiger partial charge >= 0.3 is 36.8 Å². The number of hydrogen-bond donors (Lipinski definition) is 6. The number of terminal acetylenes is 3. The topological polar surface area (TPSA) is 264 Å². The Morgan fingerprint density at radius 1 is 0.607 bits per heavy atom. The Bertz CT molecular complexity index is 1920. The van der Waals surface area contributed by atoms with E-state index in [2.05, 4.69) is 34.3 Å². The molecule has 0 unspecified atom stereocenters. The molecule has 8 N–H and O–H groups in total. The first-order valence-electron chi connectivity index (χ1n) is 30.4. The van der Waals surface area contributed by atoms with E-state index in [1.807, 2.05) is 13.8 Å². The zero-order chi connectivity index (χ0) is 62.7. The van der Waals surface area contributed by atoms with Crippen LogP contribution in [-0.2, 0) is 47.6 Å². The van der Waals surface area contributed by atoms with Gasteiger partial charge in [-0.25, -0.2) is 0 Å². The van der Waals surface area contributed by atoms with Gasteiger partial charge in [-0.1, -0.05) is 23.8 Å². The van der Waals surface area contributed by atoms with E-state index >= 15 is 0 Å². The fraction of sp³-hybridized carbons (Fsp3) is 0.742. The molecule has 1 aliphatic heterocycles. The van der Waals surface area contributed by atoms with Crippen LogP contribution >= 0.6 is 0 Å². The Morgan fingerprint density at radius 2 is 0.905 bits per heavy atom. The molecule has 1 heterocycles. The van der Waals surface area contributed by atoms with Crippen LogP contribution in [0, 0.1) is 104 Å². The Morgan fingerprint density at radius 3 is 1.15 bits per heavy atom. The molecule has 16 nitrogen and oxygen atoms in total. The summed E-state index contributed by atoms with van der Waals surface area (Å²) in [6.07, 6.45) is 46.2. The van der Waals surface area contributed by atoms with Crippen LogP contribution in [0.25, 0.3) is 0 Å². The van der Waals surface area contributed by atoms with E-state index in [9.17, 15) is 22.8 Å². The van der Waals surface area contributed by atoms with Crippen LogP contribution in [0.4, 0.5) is 0 Å². The molecule has 0 spiro atoms. The second-order valence-electron chi connectivity index (χ2n) is 22.3. The van der Waals surface area contributed by atoms with Crippen molar-refractivity contribution in [1.82, 2.24) is 0 Å². The maximum atomic E-state index is 12.0. The summed E-state index contributed by atoms with van der Waals surface area (Å²) >= 11 is 0. The summed E-state index contributed by atoms with van der Waals surface area (Å²) in [5, 5.41) is 35.5. The number of rotatable bonds is 15. The molecule has 0 atom stereocenters. The first-order chi connectivity index (χ1) is 40.0. The van der Waals surface area contributed by atoms with Crippen molar-refractivity contribution >= 4 is 28.0 Å². The van der Waals surface area contributed by atoms with Crippen LogP contribution in [-0.4, -0.2) is 127 Å². The van der Waals surface area contributed by atoms with Gasteiger partial charge in [-0.3, -0.25) is 18.6 Å². The molecule has 84 heavy (non-hydrogen) atoms. The second kappa shape index (κ2) is 55.8. The van der Waals surface area contributed by atoms with E-state index in [4.69, 9.17) is 64.8 Å². The molecular formula is C66H111LiN2O14S. The Hall–Kier alpha value is -3.72. The number of aryl methyl sites for hydroxylation is 1. The molecule has 1 saturated heterocycles. The van der Waals surface area contributed by atoms with Gasteiger partial charge in [-0.05, 0) is 215 Å². The quantitative estimate of drug-likeness (QED) is 0.0203. The van der Waals surface area contributed by atoms with Gasteiger partial charge in [0.2, 0.25) is 0 Å². The standard InChI is InChI=1S/C15H22O4S.C12H18O2.C10H16O4.C10H16O.C8H16O2.C4H8O.C3H6.C2H8N2.C2H.Li/c1-12-2-8-15(9-3-12)20(17,18)19-11-14-6-4-13(10-16)5-7-14;1-3-4-11-5-7-12(8-6-11)9-14-10(2)13;1-13-9(11)7-3-5-8(6-4-7)10(12)14-2;1-2-3-9-4-6-10(8-11)7-5-9;9-5-7-1-2-8(6-10)4-3-7;1-2-4-5-3-1;1-3-2;3-1-2-4;1-2;/h2-3,8-9,13-14,16H,4-7,10-11H2,1H3;1,11-12H,4-9H2,2H3;7-8H,3-6H2,1-2H3;1,9-11H,3-8H2;7-10H,1-6H2;1-4H2;3H,1H2,2H3;1-4H2;1H;/q;;;;;;;;-1;+1. The SMILES string of the molecule is C#CCC1CCC(CO)CC1.C#CCC1CCC(COC(C)=O)CC1.C1CCOC1.C=CC.COC(=O)C1CCC(C(=O)OC)CC1.Cc1ccc(S(=O)(=O)OCC2CCC(CO)CC2)cc1.NCCN.OCC1CCC(CO)CC1.[C-]#C.[Li+]. The average molecular weight is 1200 g/mol. The first kappa shape index (κ1) is 84.5. The number of allylic oxidation sites excluding steroid dienone is 1. The number of carbonyl (C=O) groups excluding carboxylic acids is 3. The number of benzene rings is 1. The van der Waals surface area contributed by atoms with Crippen molar-refractivity contribution in [1.29, 1.82) is 0 Å². The minimum absolute atomic E-state index is 0. The monoisotopic (exact) mass is 1190 g/mol. The summed E-state index contributed by atoms with van der Waals surface area (Å²) in [5.41, 5.74) is 10.8. The van der Waals surface area contributed by atoms with Crippen molar-refractivity contribution < 1.29 is 85.2 Å². The third kappa shape index (κ3) is 42.2. The Balaban J connectivity index is -0.000000933. The summed E-state index contributed by atoms with van der Waals surface area (Å²) in [6, 6.07) is 6.69. The fourth-order valence-electron chi connectivity index (χ4n) is 10.3. The van der Waals surface area contributed by atoms with E-state index < -0.39 is 10.1 Å². The molecule has 0 amide bonds. The van der Waals surface area contributed by atoms with Crippen molar-refractivity contribution in [3.05, 3.63) is 48.9 Å². The van der Waals surface area contributed by atoms with Gasteiger partial charge < -0.3 is 63.7 Å². The minimum Gasteiger partial charge on any atom is -0.697 e. The van der Waals surface area contributed by atoms with Gasteiger partial charge in [0.1, 0.15) is 0 Å². The smallest absolute Gasteiger partial charge is 0.697 e. The normalized spacial score (nSPS) is 24.7. The Labute approximate surface area is 521 Å². The molecular weight excluding hydrogens is 1080 g/mol. The number of nitrogens with two attached hydrogens (primary N) is 2. The maximum Gasteiger partial charge on any atom is 1.00 e. The fourth-order valence-corrected chi connectivity index (χ4v) is 11.3. The maximum absolute atomic E-state index is 12.0. The van der Waals surface area contributed by atoms with Gasteiger partial charge in [-0.2, -0.15) is 8.42 Å². The molecule has 5 saturated carbocycles. The summed E-state index contributed by atoms with van der Waals surface area (Å²) in [5.74, 6) is 9.13. The molecule has 18 heteroatoms. The number of methoxy groups -OCH3 is 2. The number of aliphatic hydroxyl groups excluding tert-OH is 4. The summed E-state index contributed by atoms with van der Waals surface area (Å²) < 4.78 is 48.5. The molecule has 5 aliphatic carbocycles. The van der Waals surface area contributed by atoms with Crippen LogP contribution < -0.4 is 30.3 Å². The molecule has 476 valence electrons. The zero-order valence-electron chi connectivity index (χ0n) is 52.6. The van der Waals surface area contributed by atoms with Crippen LogP contribution in [0.3, 0.4) is 0 Å². The third-order valence-electron chi connectivity index (χ3n) is 15.8. The molecule has 0 aromatic heterocycles. The predicted octanol–water partition coefficient (Wildman–Crippen LogP) is 6.71. The van der Waals surface area contributed by atoms with Crippen molar-refractivity contribution in [2.75, 3.05) is 80.2 Å². The van der Waals surface area contributed by atoms with E-state index in [0.29, 0.717) is 75.0 Å².